The molecule has 1 N–H and O–H groups in total. The Kier molecular flexibility index (Phi) is 4.23. The lowest BCUT2D eigenvalue weighted by atomic mass is 9.77. The van der Waals surface area contributed by atoms with Crippen LogP contribution in [0.25, 0.3) is 0 Å². The Labute approximate surface area is 111 Å². The first-order valence-corrected chi connectivity index (χ1v) is 7.02. The van der Waals surface area contributed by atoms with Gasteiger partial charge in [0.05, 0.1) is 0 Å². The summed E-state index contributed by atoms with van der Waals surface area (Å²) < 4.78 is 0. The molecular weight excluding hydrogens is 218 g/mol. The molecule has 0 saturated heterocycles. The monoisotopic (exact) mass is 243 g/mol. The maximum atomic E-state index is 3.73. The first kappa shape index (κ1) is 13.4. The van der Waals surface area contributed by atoms with Crippen LogP contribution in [0, 0.1) is 5.92 Å². The van der Waals surface area contributed by atoms with Gasteiger partial charge in [0, 0.05) is 12.1 Å². The first-order chi connectivity index (χ1) is 8.58. The molecule has 0 saturated carbocycles. The molecule has 0 aliphatic heterocycles. The second-order valence-electron chi connectivity index (χ2n) is 6.08. The SMILES string of the molecule is CC1=CCC(C(C)(C)NCc2ccccc2)CC1. The normalized spacial score (nSPS) is 20.6. The summed E-state index contributed by atoms with van der Waals surface area (Å²) in [5.41, 5.74) is 3.14. The van der Waals surface area contributed by atoms with Crippen LogP contribution in [0.3, 0.4) is 0 Å². The maximum Gasteiger partial charge on any atom is 0.0210 e. The van der Waals surface area contributed by atoms with Crippen LogP contribution in [-0.2, 0) is 6.54 Å². The van der Waals surface area contributed by atoms with Crippen molar-refractivity contribution in [1.82, 2.24) is 5.32 Å². The van der Waals surface area contributed by atoms with Gasteiger partial charge in [0.1, 0.15) is 0 Å². The van der Waals surface area contributed by atoms with Gasteiger partial charge in [-0.15, -0.1) is 0 Å². The second-order valence-corrected chi connectivity index (χ2v) is 6.08. The standard InChI is InChI=1S/C17H25N/c1-14-9-11-16(12-10-14)17(2,3)18-13-15-7-5-4-6-8-15/h4-9,16,18H,10-13H2,1-3H3. The zero-order chi connectivity index (χ0) is 13.0. The van der Waals surface area contributed by atoms with E-state index in [2.05, 4.69) is 62.5 Å². The van der Waals surface area contributed by atoms with Crippen molar-refractivity contribution in [2.75, 3.05) is 0 Å². The Morgan fingerprint density at radius 3 is 2.56 bits per heavy atom. The van der Waals surface area contributed by atoms with Gasteiger partial charge in [-0.25, -0.2) is 0 Å². The molecule has 1 heteroatoms. The zero-order valence-electron chi connectivity index (χ0n) is 11.9. The predicted molar refractivity (Wildman–Crippen MR) is 78.5 cm³/mol. The van der Waals surface area contributed by atoms with E-state index in [0.29, 0.717) is 0 Å². The van der Waals surface area contributed by atoms with Crippen molar-refractivity contribution in [3.8, 4) is 0 Å². The Morgan fingerprint density at radius 1 is 1.22 bits per heavy atom. The second kappa shape index (κ2) is 5.71. The molecule has 1 nitrogen and oxygen atoms in total. The molecule has 0 aromatic heterocycles. The minimum Gasteiger partial charge on any atom is -0.307 e. The van der Waals surface area contributed by atoms with Crippen LogP contribution in [-0.4, -0.2) is 5.54 Å². The summed E-state index contributed by atoms with van der Waals surface area (Å²) in [5, 5.41) is 3.73. The van der Waals surface area contributed by atoms with Gasteiger partial charge in [0.2, 0.25) is 0 Å². The molecule has 1 aliphatic carbocycles. The van der Waals surface area contributed by atoms with Gasteiger partial charge in [-0.2, -0.15) is 0 Å². The van der Waals surface area contributed by atoms with E-state index in [-0.39, 0.29) is 5.54 Å². The van der Waals surface area contributed by atoms with Crippen molar-refractivity contribution < 1.29 is 0 Å². The lowest BCUT2D eigenvalue weighted by Crippen LogP contribution is -2.46. The zero-order valence-corrected chi connectivity index (χ0v) is 11.9. The van der Waals surface area contributed by atoms with E-state index in [1.807, 2.05) is 0 Å². The minimum absolute atomic E-state index is 0.215. The first-order valence-electron chi connectivity index (χ1n) is 7.02. The molecule has 98 valence electrons. The van der Waals surface area contributed by atoms with Crippen LogP contribution in [0.4, 0.5) is 0 Å². The number of allylic oxidation sites excluding steroid dienone is 2. The van der Waals surface area contributed by atoms with Gasteiger partial charge < -0.3 is 5.32 Å². The summed E-state index contributed by atoms with van der Waals surface area (Å²) in [4.78, 5) is 0. The lowest BCUT2D eigenvalue weighted by Gasteiger charge is -2.37. The molecule has 0 fully saturated rings. The van der Waals surface area contributed by atoms with Crippen molar-refractivity contribution in [2.24, 2.45) is 5.92 Å². The van der Waals surface area contributed by atoms with Crippen molar-refractivity contribution in [3.63, 3.8) is 0 Å². The summed E-state index contributed by atoms with van der Waals surface area (Å²) in [6.07, 6.45) is 6.22. The molecule has 2 rings (SSSR count). The van der Waals surface area contributed by atoms with Crippen molar-refractivity contribution in [3.05, 3.63) is 47.5 Å². The van der Waals surface area contributed by atoms with Crippen LogP contribution in [0.2, 0.25) is 0 Å². The van der Waals surface area contributed by atoms with Crippen molar-refractivity contribution >= 4 is 0 Å². The molecule has 1 unspecified atom stereocenters. The van der Waals surface area contributed by atoms with E-state index in [1.165, 1.54) is 24.8 Å². The van der Waals surface area contributed by atoms with Gasteiger partial charge in [-0.05, 0) is 51.5 Å². The van der Waals surface area contributed by atoms with Crippen molar-refractivity contribution in [2.45, 2.75) is 52.1 Å². The van der Waals surface area contributed by atoms with E-state index in [4.69, 9.17) is 0 Å². The Bertz CT molecular complexity index is 403. The number of hydrogen-bond donors (Lipinski definition) is 1. The average Bonchev–Trinajstić information content (AvgIpc) is 2.38. The van der Waals surface area contributed by atoms with Gasteiger partial charge in [-0.1, -0.05) is 42.0 Å². The molecule has 0 heterocycles. The highest BCUT2D eigenvalue weighted by Crippen LogP contribution is 2.31. The summed E-state index contributed by atoms with van der Waals surface area (Å²) in [7, 11) is 0. The van der Waals surface area contributed by atoms with Gasteiger partial charge in [0.25, 0.3) is 0 Å². The number of nitrogens with one attached hydrogen (secondary N) is 1. The summed E-state index contributed by atoms with van der Waals surface area (Å²) >= 11 is 0. The molecule has 1 atom stereocenters. The van der Waals surface area contributed by atoms with E-state index < -0.39 is 0 Å². The highest BCUT2D eigenvalue weighted by Gasteiger charge is 2.29. The van der Waals surface area contributed by atoms with Crippen LogP contribution >= 0.6 is 0 Å². The van der Waals surface area contributed by atoms with E-state index in [1.54, 1.807) is 5.57 Å². The maximum absolute atomic E-state index is 3.73. The number of hydrogen-bond acceptors (Lipinski definition) is 1. The average molecular weight is 243 g/mol. The third kappa shape index (κ3) is 3.46. The molecule has 1 aromatic carbocycles. The lowest BCUT2D eigenvalue weighted by molar-refractivity contribution is 0.231. The quantitative estimate of drug-likeness (QED) is 0.777. The van der Waals surface area contributed by atoms with Gasteiger partial charge in [-0.3, -0.25) is 0 Å². The van der Waals surface area contributed by atoms with Gasteiger partial charge >= 0.3 is 0 Å². The predicted octanol–water partition coefficient (Wildman–Crippen LogP) is 4.30. The highest BCUT2D eigenvalue weighted by molar-refractivity contribution is 5.15. The largest absolute Gasteiger partial charge is 0.307 e. The van der Waals surface area contributed by atoms with Crippen LogP contribution in [0.1, 0.15) is 45.6 Å². The van der Waals surface area contributed by atoms with E-state index in [9.17, 15) is 0 Å². The fourth-order valence-corrected chi connectivity index (χ4v) is 2.69. The number of rotatable bonds is 4. The molecule has 0 bridgehead atoms. The van der Waals surface area contributed by atoms with E-state index >= 15 is 0 Å². The fraction of sp³-hybridized carbons (Fsp3) is 0.529. The van der Waals surface area contributed by atoms with Crippen LogP contribution in [0.5, 0.6) is 0 Å². The topological polar surface area (TPSA) is 12.0 Å². The van der Waals surface area contributed by atoms with Gasteiger partial charge in [0.15, 0.2) is 0 Å². The molecular formula is C17H25N. The Hall–Kier alpha value is -1.08. The molecule has 18 heavy (non-hydrogen) atoms. The third-order valence-electron chi connectivity index (χ3n) is 4.25. The highest BCUT2D eigenvalue weighted by atomic mass is 15.0. The molecule has 1 aliphatic rings. The van der Waals surface area contributed by atoms with Crippen LogP contribution in [0.15, 0.2) is 42.0 Å². The summed E-state index contributed by atoms with van der Waals surface area (Å²) in [6, 6.07) is 10.7. The molecule has 0 radical (unpaired) electrons. The van der Waals surface area contributed by atoms with Crippen molar-refractivity contribution in [1.29, 1.82) is 0 Å². The minimum atomic E-state index is 0.215. The summed E-state index contributed by atoms with van der Waals surface area (Å²) in [5.74, 6) is 0.755. The Morgan fingerprint density at radius 2 is 1.94 bits per heavy atom. The fourth-order valence-electron chi connectivity index (χ4n) is 2.69. The summed E-state index contributed by atoms with van der Waals surface area (Å²) in [6.45, 7) is 7.90. The number of benzene rings is 1. The van der Waals surface area contributed by atoms with Crippen LogP contribution < -0.4 is 5.32 Å². The van der Waals surface area contributed by atoms with E-state index in [0.717, 1.165) is 12.5 Å². The Balaban J connectivity index is 1.91. The molecule has 1 aromatic rings. The molecule has 0 amide bonds. The smallest absolute Gasteiger partial charge is 0.0210 e. The molecule has 0 spiro atoms. The third-order valence-corrected chi connectivity index (χ3v) is 4.25.